The highest BCUT2D eigenvalue weighted by molar-refractivity contribution is 7.26. The molecule has 0 amide bonds. The van der Waals surface area contributed by atoms with E-state index in [2.05, 4.69) is 122 Å². The normalized spacial score (nSPS) is 15.5. The summed E-state index contributed by atoms with van der Waals surface area (Å²) in [5.41, 5.74) is 11.4. The Kier molecular flexibility index (Phi) is 10.0. The third-order valence-electron chi connectivity index (χ3n) is 16.3. The van der Waals surface area contributed by atoms with Crippen LogP contribution in [0.4, 0.5) is 22.7 Å². The van der Waals surface area contributed by atoms with E-state index in [9.17, 15) is 8.22 Å². The molecule has 420 valence electrons. The number of ether oxygens (including phenoxy) is 1. The molecule has 0 fully saturated rings. The third-order valence-corrected chi connectivity index (χ3v) is 17.4. The molecule has 12 aromatic rings. The fraction of sp³-hybridized carbons (Fsp3) is 0.244. The Hall–Kier alpha value is -8.45. The van der Waals surface area contributed by atoms with E-state index >= 15 is 0 Å². The Morgan fingerprint density at radius 1 is 0.512 bits per heavy atom. The molecule has 84 heavy (non-hydrogen) atoms. The van der Waals surface area contributed by atoms with Crippen LogP contribution in [0.2, 0.25) is 0 Å². The number of fused-ring (bicyclic) bond motifs is 8. The number of hydrogen-bond acceptors (Lipinski definition) is 5. The van der Waals surface area contributed by atoms with Crippen molar-refractivity contribution in [1.29, 1.82) is 0 Å². The van der Waals surface area contributed by atoms with Crippen molar-refractivity contribution in [2.45, 2.75) is 118 Å². The van der Waals surface area contributed by atoms with E-state index in [1.165, 1.54) is 0 Å². The summed E-state index contributed by atoms with van der Waals surface area (Å²) in [7, 11) is 0. The first-order chi connectivity index (χ1) is 46.0. The number of nitrogens with zero attached hydrogens (tertiary/aromatic N) is 4. The second-order valence-electron chi connectivity index (χ2n) is 25.9. The minimum absolute atomic E-state index is 0.0356. The summed E-state index contributed by atoms with van der Waals surface area (Å²) >= 11 is 1.04. The number of hydrogen-bond donors (Lipinski definition) is 0. The molecule has 6 heteroatoms. The highest BCUT2D eigenvalue weighted by atomic mass is 32.1. The summed E-state index contributed by atoms with van der Waals surface area (Å²) in [6.07, 6.45) is -0.0710. The Balaban J connectivity index is 1.08. The van der Waals surface area contributed by atoms with Crippen molar-refractivity contribution in [3.63, 3.8) is 0 Å². The Morgan fingerprint density at radius 3 is 1.82 bits per heavy atom. The number of thiophene rings is 1. The summed E-state index contributed by atoms with van der Waals surface area (Å²) in [6.45, 7) is 27.9. The fourth-order valence-electron chi connectivity index (χ4n) is 11.8. The van der Waals surface area contributed by atoms with Gasteiger partial charge in [-0.15, -0.1) is 11.3 Å². The van der Waals surface area contributed by atoms with Crippen molar-refractivity contribution in [3.8, 4) is 50.7 Å². The largest absolute Gasteiger partial charge is 0.457 e. The molecule has 9 aromatic carbocycles. The molecule has 5 nitrogen and oxygen atoms in total. The molecule has 0 bridgehead atoms. The van der Waals surface area contributed by atoms with Gasteiger partial charge in [-0.05, 0) is 139 Å². The lowest BCUT2D eigenvalue weighted by molar-refractivity contribution is 0.483. The standard InChI is InChI=1S/C78H76N4OS/c1-48(2)59-26-21-27-60(49(3)4)72(59)52-41-56(80-47-81(67-31-19-18-30-66(67)80)74-61(50-23-15-14-16-24-50)28-22-29-62(74)51-39-54(77(8,9)10)43-55(40-51)78(11,12)13)45-58(42-52)83-57-33-34-65-69(46-57)82(71-44-53(37-38-79-71)76(5,6)7)68-36-35-64-63-25-17-20-32-70(63)84-75(64)73(65)68/h14-46,48-49H,47H2,1-13H3/i14D,15D,16D,17D,20D,23D,24D,25D,32D,33D,34D,35D,36D,38D. The summed E-state index contributed by atoms with van der Waals surface area (Å²) < 4.78 is 139. The van der Waals surface area contributed by atoms with Crippen LogP contribution in [0, 0.1) is 0 Å². The molecule has 3 aromatic heterocycles. The summed E-state index contributed by atoms with van der Waals surface area (Å²) in [5, 5.41) is 0.708. The lowest BCUT2D eigenvalue weighted by Gasteiger charge is -2.30. The zero-order valence-corrected chi connectivity index (χ0v) is 50.8. The van der Waals surface area contributed by atoms with Gasteiger partial charge in [0.1, 0.15) is 24.0 Å². The van der Waals surface area contributed by atoms with Gasteiger partial charge in [0.05, 0.1) is 47.3 Å². The molecular weight excluding hydrogens is 1040 g/mol. The van der Waals surface area contributed by atoms with E-state index in [0.29, 0.717) is 27.4 Å². The molecule has 0 saturated carbocycles. The van der Waals surface area contributed by atoms with Gasteiger partial charge in [-0.2, -0.15) is 0 Å². The van der Waals surface area contributed by atoms with Crippen molar-refractivity contribution in [3.05, 3.63) is 228 Å². The first-order valence-corrected chi connectivity index (χ1v) is 29.7. The van der Waals surface area contributed by atoms with Crippen molar-refractivity contribution < 1.29 is 23.9 Å². The maximum Gasteiger partial charge on any atom is 0.137 e. The SMILES string of the molecule is [2H]c1cc(C(C)(C)C)cc(-n2c3cc(Oc4cc(-c5c(C(C)C)cccc5C(C)C)cc(N5CN(c6c(-c7cc(C(C)(C)C)cc(C(C)(C)C)c7)cccc6-c6c([2H])c([2H])c([2H])c([2H])c6[2H])c6ccccc65)c4)c([2H])c([2H])c3c3c4sc5c([2H])c([2H])c([2H])c([2H])c5c4c([2H])c([2H])c32)n1. The molecule has 0 spiro atoms. The Morgan fingerprint density at radius 2 is 1.14 bits per heavy atom. The van der Waals surface area contributed by atoms with Crippen LogP contribution in [-0.2, 0) is 16.2 Å². The Labute approximate surface area is 520 Å². The molecule has 1 aliphatic rings. The number of aromatic nitrogens is 2. The van der Waals surface area contributed by atoms with Gasteiger partial charge in [0.15, 0.2) is 0 Å². The van der Waals surface area contributed by atoms with Crippen molar-refractivity contribution in [2.75, 3.05) is 16.5 Å². The van der Waals surface area contributed by atoms with E-state index in [1.807, 2.05) is 81.4 Å². The molecule has 0 N–H and O–H groups in total. The number of para-hydroxylation sites is 3. The highest BCUT2D eigenvalue weighted by Crippen LogP contribution is 2.53. The van der Waals surface area contributed by atoms with Gasteiger partial charge in [-0.3, -0.25) is 4.57 Å². The topological polar surface area (TPSA) is 33.5 Å². The molecule has 0 aliphatic carbocycles. The van der Waals surface area contributed by atoms with Crippen LogP contribution in [0.5, 0.6) is 11.5 Å². The molecule has 0 atom stereocenters. The monoisotopic (exact) mass is 1130 g/mol. The maximum absolute atomic E-state index is 10.2. The zero-order valence-electron chi connectivity index (χ0n) is 63.9. The molecule has 1 aliphatic heterocycles. The van der Waals surface area contributed by atoms with Gasteiger partial charge in [0.25, 0.3) is 0 Å². The van der Waals surface area contributed by atoms with Gasteiger partial charge >= 0.3 is 0 Å². The fourth-order valence-corrected chi connectivity index (χ4v) is 12.9. The van der Waals surface area contributed by atoms with Gasteiger partial charge in [-0.1, -0.05) is 211 Å². The second-order valence-corrected chi connectivity index (χ2v) is 26.9. The van der Waals surface area contributed by atoms with Gasteiger partial charge in [0, 0.05) is 66.1 Å². The summed E-state index contributed by atoms with van der Waals surface area (Å²) in [4.78, 5) is 9.09. The van der Waals surface area contributed by atoms with Gasteiger partial charge in [0.2, 0.25) is 0 Å². The van der Waals surface area contributed by atoms with Crippen LogP contribution in [-0.4, -0.2) is 16.2 Å². The number of rotatable bonds is 10. The van der Waals surface area contributed by atoms with E-state index < -0.39 is 35.6 Å². The lowest BCUT2D eigenvalue weighted by atomic mass is 9.78. The van der Waals surface area contributed by atoms with Crippen LogP contribution in [0.3, 0.4) is 0 Å². The summed E-state index contributed by atoms with van der Waals surface area (Å²) in [5.74, 6) is 0.615. The van der Waals surface area contributed by atoms with Crippen LogP contribution in [0.1, 0.15) is 149 Å². The smallest absolute Gasteiger partial charge is 0.137 e. The predicted octanol–water partition coefficient (Wildman–Crippen LogP) is 22.7. The minimum Gasteiger partial charge on any atom is -0.457 e. The maximum atomic E-state index is 10.2. The first kappa shape index (κ1) is 40.7. The summed E-state index contributed by atoms with van der Waals surface area (Å²) in [6, 6.07) is 33.0. The third kappa shape index (κ3) is 9.72. The second kappa shape index (κ2) is 20.7. The van der Waals surface area contributed by atoms with Crippen molar-refractivity contribution in [2.24, 2.45) is 0 Å². The van der Waals surface area contributed by atoms with E-state index in [1.54, 1.807) is 16.7 Å². The van der Waals surface area contributed by atoms with E-state index in [-0.39, 0.29) is 138 Å². The molecule has 0 radical (unpaired) electrons. The molecule has 0 unspecified atom stereocenters. The molecule has 4 heterocycles. The lowest BCUT2D eigenvalue weighted by Crippen LogP contribution is -2.25. The van der Waals surface area contributed by atoms with Crippen molar-refractivity contribution in [1.82, 2.24) is 9.55 Å². The van der Waals surface area contributed by atoms with Crippen molar-refractivity contribution >= 4 is 76.1 Å². The van der Waals surface area contributed by atoms with Crippen LogP contribution >= 0.6 is 11.3 Å². The predicted molar refractivity (Wildman–Crippen MR) is 361 cm³/mol. The first-order valence-electron chi connectivity index (χ1n) is 35.9. The number of anilines is 4. The minimum atomic E-state index is -0.492. The molecular formula is C78H76N4OS. The van der Waals surface area contributed by atoms with E-state index in [0.717, 1.165) is 72.8 Å². The average molecular weight is 1130 g/mol. The van der Waals surface area contributed by atoms with Gasteiger partial charge < -0.3 is 14.5 Å². The van der Waals surface area contributed by atoms with Crippen LogP contribution in [0.25, 0.3) is 81.2 Å². The molecule has 0 saturated heterocycles. The van der Waals surface area contributed by atoms with Crippen LogP contribution in [0.15, 0.2) is 200 Å². The number of pyridine rings is 1. The highest BCUT2D eigenvalue weighted by Gasteiger charge is 2.33. The van der Waals surface area contributed by atoms with Gasteiger partial charge in [-0.25, -0.2) is 4.98 Å². The molecule has 13 rings (SSSR count). The quantitative estimate of drug-likeness (QED) is 0.137. The number of benzene rings is 9. The Bertz CT molecular complexity index is 5290. The van der Waals surface area contributed by atoms with E-state index in [4.69, 9.17) is 20.7 Å². The van der Waals surface area contributed by atoms with Crippen LogP contribution < -0.4 is 14.5 Å². The zero-order chi connectivity index (χ0) is 70.7. The average Bonchev–Trinajstić information content (AvgIpc) is 1.53.